The van der Waals surface area contributed by atoms with Crippen LogP contribution < -0.4 is 15.5 Å². The van der Waals surface area contributed by atoms with E-state index in [-0.39, 0.29) is 12.5 Å². The maximum absolute atomic E-state index is 11.9. The predicted octanol–water partition coefficient (Wildman–Crippen LogP) is 3.46. The monoisotopic (exact) mass is 303 g/mol. The number of halogens is 1. The number of carbonyl (C=O) groups excluding carboxylic acids is 1. The molecule has 4 nitrogen and oxygen atoms in total. The van der Waals surface area contributed by atoms with Crippen molar-refractivity contribution in [1.29, 1.82) is 0 Å². The van der Waals surface area contributed by atoms with Gasteiger partial charge in [0.2, 0.25) is 5.91 Å². The molecule has 0 bridgehead atoms. The molecule has 21 heavy (non-hydrogen) atoms. The third-order valence-electron chi connectivity index (χ3n) is 2.92. The summed E-state index contributed by atoms with van der Waals surface area (Å²) in [6.45, 7) is 0.198. The van der Waals surface area contributed by atoms with E-state index in [0.29, 0.717) is 10.7 Å². The molecule has 0 saturated carbocycles. The molecule has 110 valence electrons. The summed E-state index contributed by atoms with van der Waals surface area (Å²) in [5.74, 6) is -0.118. The van der Waals surface area contributed by atoms with Crippen molar-refractivity contribution in [2.24, 2.45) is 0 Å². The molecule has 0 aliphatic rings. The maximum atomic E-state index is 11.9. The first kappa shape index (κ1) is 15.2. The van der Waals surface area contributed by atoms with Gasteiger partial charge in [-0.3, -0.25) is 4.79 Å². The zero-order chi connectivity index (χ0) is 15.2. The van der Waals surface area contributed by atoms with Crippen LogP contribution in [0.4, 0.5) is 17.1 Å². The van der Waals surface area contributed by atoms with Crippen LogP contribution in [0.3, 0.4) is 0 Å². The standard InChI is InChI=1S/C16H18ClN3O/c1-20(2)15-8-4-6-13(10-15)18-11-16(21)19-14-7-3-5-12(17)9-14/h3-10,18H,11H2,1-2H3,(H,19,21). The molecule has 0 aliphatic heterocycles. The molecule has 0 saturated heterocycles. The maximum Gasteiger partial charge on any atom is 0.243 e. The van der Waals surface area contributed by atoms with E-state index in [1.54, 1.807) is 24.3 Å². The molecule has 0 heterocycles. The topological polar surface area (TPSA) is 44.4 Å². The first-order valence-corrected chi connectivity index (χ1v) is 6.99. The zero-order valence-electron chi connectivity index (χ0n) is 12.1. The number of benzene rings is 2. The minimum atomic E-state index is -0.118. The number of anilines is 3. The smallest absolute Gasteiger partial charge is 0.243 e. The third kappa shape index (κ3) is 4.68. The van der Waals surface area contributed by atoms with Crippen molar-refractivity contribution in [3.63, 3.8) is 0 Å². The molecule has 2 aromatic rings. The summed E-state index contributed by atoms with van der Waals surface area (Å²) >= 11 is 5.88. The first-order chi connectivity index (χ1) is 10.0. The highest BCUT2D eigenvalue weighted by atomic mass is 35.5. The fraction of sp³-hybridized carbons (Fsp3) is 0.188. The van der Waals surface area contributed by atoms with E-state index >= 15 is 0 Å². The highest BCUT2D eigenvalue weighted by Gasteiger charge is 2.03. The van der Waals surface area contributed by atoms with Gasteiger partial charge < -0.3 is 15.5 Å². The SMILES string of the molecule is CN(C)c1cccc(NCC(=O)Nc2cccc(Cl)c2)c1. The van der Waals surface area contributed by atoms with E-state index < -0.39 is 0 Å². The van der Waals surface area contributed by atoms with Gasteiger partial charge >= 0.3 is 0 Å². The number of nitrogens with zero attached hydrogens (tertiary/aromatic N) is 1. The van der Waals surface area contributed by atoms with Crippen molar-refractivity contribution >= 4 is 34.6 Å². The molecule has 0 spiro atoms. The summed E-state index contributed by atoms with van der Waals surface area (Å²) < 4.78 is 0. The lowest BCUT2D eigenvalue weighted by atomic mass is 10.2. The normalized spacial score (nSPS) is 10.0. The lowest BCUT2D eigenvalue weighted by Gasteiger charge is -2.14. The van der Waals surface area contributed by atoms with Crippen molar-refractivity contribution in [2.75, 3.05) is 36.2 Å². The Kier molecular flexibility index (Phi) is 5.06. The lowest BCUT2D eigenvalue weighted by Crippen LogP contribution is -2.21. The highest BCUT2D eigenvalue weighted by Crippen LogP contribution is 2.17. The molecule has 0 atom stereocenters. The van der Waals surface area contributed by atoms with Gasteiger partial charge in [-0.1, -0.05) is 23.7 Å². The van der Waals surface area contributed by atoms with E-state index in [2.05, 4.69) is 10.6 Å². The number of rotatable bonds is 5. The molecular weight excluding hydrogens is 286 g/mol. The van der Waals surface area contributed by atoms with Crippen LogP contribution in [0.25, 0.3) is 0 Å². The minimum Gasteiger partial charge on any atom is -0.378 e. The Morgan fingerprint density at radius 3 is 2.52 bits per heavy atom. The summed E-state index contributed by atoms with van der Waals surface area (Å²) in [4.78, 5) is 13.9. The molecule has 5 heteroatoms. The molecule has 0 aromatic heterocycles. The Balaban J connectivity index is 1.90. The fourth-order valence-electron chi connectivity index (χ4n) is 1.85. The number of carbonyl (C=O) groups is 1. The Labute approximate surface area is 129 Å². The van der Waals surface area contributed by atoms with Gasteiger partial charge in [-0.15, -0.1) is 0 Å². The van der Waals surface area contributed by atoms with Gasteiger partial charge in [-0.2, -0.15) is 0 Å². The third-order valence-corrected chi connectivity index (χ3v) is 3.16. The number of nitrogens with one attached hydrogen (secondary N) is 2. The van der Waals surface area contributed by atoms with Crippen molar-refractivity contribution in [3.8, 4) is 0 Å². The second-order valence-corrected chi connectivity index (χ2v) is 5.29. The number of hydrogen-bond donors (Lipinski definition) is 2. The van der Waals surface area contributed by atoms with Crippen molar-refractivity contribution in [3.05, 3.63) is 53.6 Å². The van der Waals surface area contributed by atoms with Gasteiger partial charge in [0.25, 0.3) is 0 Å². The van der Waals surface area contributed by atoms with Gasteiger partial charge in [0.1, 0.15) is 0 Å². The van der Waals surface area contributed by atoms with E-state index in [9.17, 15) is 4.79 Å². The average Bonchev–Trinajstić information content (AvgIpc) is 2.45. The molecule has 1 amide bonds. The quantitative estimate of drug-likeness (QED) is 0.889. The Bertz CT molecular complexity index is 628. The zero-order valence-corrected chi connectivity index (χ0v) is 12.8. The lowest BCUT2D eigenvalue weighted by molar-refractivity contribution is -0.114. The van der Waals surface area contributed by atoms with Crippen molar-refractivity contribution in [1.82, 2.24) is 0 Å². The van der Waals surface area contributed by atoms with E-state index in [1.807, 2.05) is 43.3 Å². The molecule has 2 N–H and O–H groups in total. The van der Waals surface area contributed by atoms with Crippen LogP contribution in [0, 0.1) is 0 Å². The predicted molar refractivity (Wildman–Crippen MR) is 89.3 cm³/mol. The van der Waals surface area contributed by atoms with Crippen LogP contribution >= 0.6 is 11.6 Å². The Morgan fingerprint density at radius 2 is 1.81 bits per heavy atom. The van der Waals surface area contributed by atoms with Crippen LogP contribution in [0.15, 0.2) is 48.5 Å². The highest BCUT2D eigenvalue weighted by molar-refractivity contribution is 6.30. The first-order valence-electron chi connectivity index (χ1n) is 6.61. The van der Waals surface area contributed by atoms with Crippen LogP contribution in [-0.4, -0.2) is 26.5 Å². The van der Waals surface area contributed by atoms with Crippen molar-refractivity contribution < 1.29 is 4.79 Å². The van der Waals surface area contributed by atoms with Gasteiger partial charge in [-0.05, 0) is 36.4 Å². The summed E-state index contributed by atoms with van der Waals surface area (Å²) in [5, 5.41) is 6.49. The van der Waals surface area contributed by atoms with E-state index in [4.69, 9.17) is 11.6 Å². The molecule has 0 unspecified atom stereocenters. The second-order valence-electron chi connectivity index (χ2n) is 4.86. The molecule has 2 rings (SSSR count). The molecule has 0 radical (unpaired) electrons. The van der Waals surface area contributed by atoms with Gasteiger partial charge in [0, 0.05) is 36.2 Å². The Hall–Kier alpha value is -2.20. The fourth-order valence-corrected chi connectivity index (χ4v) is 2.04. The van der Waals surface area contributed by atoms with Gasteiger partial charge in [0.05, 0.1) is 6.54 Å². The summed E-state index contributed by atoms with van der Waals surface area (Å²) in [5.41, 5.74) is 2.68. The van der Waals surface area contributed by atoms with Gasteiger partial charge in [0.15, 0.2) is 0 Å². The largest absolute Gasteiger partial charge is 0.378 e. The summed E-state index contributed by atoms with van der Waals surface area (Å²) in [7, 11) is 3.95. The van der Waals surface area contributed by atoms with Crippen LogP contribution in [0.1, 0.15) is 0 Å². The number of hydrogen-bond acceptors (Lipinski definition) is 3. The van der Waals surface area contributed by atoms with Crippen LogP contribution in [-0.2, 0) is 4.79 Å². The summed E-state index contributed by atoms with van der Waals surface area (Å²) in [6.07, 6.45) is 0. The minimum absolute atomic E-state index is 0.118. The Morgan fingerprint density at radius 1 is 1.10 bits per heavy atom. The van der Waals surface area contributed by atoms with Crippen molar-refractivity contribution in [2.45, 2.75) is 0 Å². The molecule has 0 fully saturated rings. The van der Waals surface area contributed by atoms with Crippen LogP contribution in [0.5, 0.6) is 0 Å². The van der Waals surface area contributed by atoms with Crippen LogP contribution in [0.2, 0.25) is 5.02 Å². The summed E-state index contributed by atoms with van der Waals surface area (Å²) in [6, 6.07) is 15.0. The molecule has 2 aromatic carbocycles. The van der Waals surface area contributed by atoms with E-state index in [1.165, 1.54) is 0 Å². The number of amides is 1. The van der Waals surface area contributed by atoms with E-state index in [0.717, 1.165) is 11.4 Å². The average molecular weight is 304 g/mol. The second kappa shape index (κ2) is 6.99. The molecule has 0 aliphatic carbocycles. The molecular formula is C16H18ClN3O. The van der Waals surface area contributed by atoms with Gasteiger partial charge in [-0.25, -0.2) is 0 Å².